The molecule has 0 N–H and O–H groups in total. The van der Waals surface area contributed by atoms with E-state index in [1.165, 1.54) is 12.8 Å². The van der Waals surface area contributed by atoms with Gasteiger partial charge in [-0.2, -0.15) is 8.42 Å². The van der Waals surface area contributed by atoms with Gasteiger partial charge in [-0.3, -0.25) is 0 Å². The van der Waals surface area contributed by atoms with Crippen LogP contribution in [-0.2, 0) is 16.5 Å². The number of unbranched alkanes of at least 4 members (excludes halogenated alkanes) is 2. The second-order valence-electron chi connectivity index (χ2n) is 4.03. The summed E-state index contributed by atoms with van der Waals surface area (Å²) in [6.45, 7) is 3.73. The Morgan fingerprint density at radius 3 is 2.59 bits per heavy atom. The van der Waals surface area contributed by atoms with Gasteiger partial charge in [-0.15, -0.1) is 0 Å². The van der Waals surface area contributed by atoms with Gasteiger partial charge in [-0.25, -0.2) is 0 Å². The van der Waals surface area contributed by atoms with Gasteiger partial charge in [0.25, 0.3) is 0 Å². The van der Waals surface area contributed by atoms with Gasteiger partial charge >= 0.3 is 10.1 Å². The summed E-state index contributed by atoms with van der Waals surface area (Å²) in [6.07, 6.45) is 4.47. The minimum absolute atomic E-state index is 0.00688. The molecular formula is C13H20O3S. The Bertz CT molecular complexity index is 438. The number of hydrogen-bond donors (Lipinski definition) is 0. The molecule has 0 unspecified atom stereocenters. The lowest BCUT2D eigenvalue weighted by atomic mass is 10.1. The molecule has 0 aliphatic carbocycles. The van der Waals surface area contributed by atoms with E-state index in [2.05, 4.69) is 6.92 Å². The fraction of sp³-hybridized carbons (Fsp3) is 0.538. The summed E-state index contributed by atoms with van der Waals surface area (Å²) in [5.74, 6) is 0.411. The molecule has 1 aromatic rings. The zero-order valence-corrected chi connectivity index (χ0v) is 11.3. The van der Waals surface area contributed by atoms with E-state index in [1.54, 1.807) is 13.0 Å². The highest BCUT2D eigenvalue weighted by atomic mass is 32.2. The first-order valence-electron chi connectivity index (χ1n) is 6.08. The molecular weight excluding hydrogens is 236 g/mol. The lowest BCUT2D eigenvalue weighted by Crippen LogP contribution is -2.11. The number of rotatable bonds is 7. The van der Waals surface area contributed by atoms with Crippen LogP contribution in [0.5, 0.6) is 5.75 Å². The Morgan fingerprint density at radius 2 is 1.94 bits per heavy atom. The van der Waals surface area contributed by atoms with Crippen molar-refractivity contribution in [1.29, 1.82) is 0 Å². The molecule has 3 nitrogen and oxygen atoms in total. The van der Waals surface area contributed by atoms with Crippen LogP contribution in [0.2, 0.25) is 0 Å². The fourth-order valence-electron chi connectivity index (χ4n) is 1.54. The van der Waals surface area contributed by atoms with Gasteiger partial charge in [0.1, 0.15) is 5.75 Å². The van der Waals surface area contributed by atoms with E-state index in [4.69, 9.17) is 4.18 Å². The normalized spacial score (nSPS) is 11.4. The Hall–Kier alpha value is -1.03. The molecule has 0 fully saturated rings. The number of benzene rings is 1. The van der Waals surface area contributed by atoms with Crippen LogP contribution < -0.4 is 4.18 Å². The zero-order chi connectivity index (χ0) is 12.7. The summed E-state index contributed by atoms with van der Waals surface area (Å²) in [7, 11) is -3.41. The van der Waals surface area contributed by atoms with Crippen LogP contribution in [0.15, 0.2) is 24.3 Å². The molecule has 0 aliphatic heterocycles. The van der Waals surface area contributed by atoms with E-state index in [0.717, 1.165) is 18.4 Å². The summed E-state index contributed by atoms with van der Waals surface area (Å²) in [6, 6.07) is 7.32. The van der Waals surface area contributed by atoms with Crippen molar-refractivity contribution in [2.45, 2.75) is 39.5 Å². The summed E-state index contributed by atoms with van der Waals surface area (Å²) in [4.78, 5) is 0. The van der Waals surface area contributed by atoms with Crippen LogP contribution in [0.25, 0.3) is 0 Å². The van der Waals surface area contributed by atoms with Gasteiger partial charge in [0.2, 0.25) is 0 Å². The molecule has 0 amide bonds. The molecule has 0 bridgehead atoms. The largest absolute Gasteiger partial charge is 0.382 e. The third kappa shape index (κ3) is 5.22. The minimum Gasteiger partial charge on any atom is -0.382 e. The first kappa shape index (κ1) is 14.0. The van der Waals surface area contributed by atoms with Gasteiger partial charge in [-0.05, 0) is 37.5 Å². The SMILES string of the molecule is CCCCCc1cccc(OS(=O)(=O)CC)c1. The summed E-state index contributed by atoms with van der Waals surface area (Å²) < 4.78 is 27.6. The smallest absolute Gasteiger partial charge is 0.308 e. The third-order valence-electron chi connectivity index (χ3n) is 2.54. The predicted molar refractivity (Wildman–Crippen MR) is 69.8 cm³/mol. The van der Waals surface area contributed by atoms with Crippen LogP contribution in [0, 0.1) is 0 Å². The van der Waals surface area contributed by atoms with Crippen LogP contribution in [0.4, 0.5) is 0 Å². The van der Waals surface area contributed by atoms with Crippen molar-refractivity contribution in [2.24, 2.45) is 0 Å². The Balaban J connectivity index is 2.66. The van der Waals surface area contributed by atoms with E-state index in [0.29, 0.717) is 5.75 Å². The van der Waals surface area contributed by atoms with E-state index < -0.39 is 10.1 Å². The molecule has 0 spiro atoms. The Labute approximate surface area is 104 Å². The Kier molecular flexibility index (Phi) is 5.48. The van der Waals surface area contributed by atoms with E-state index in [-0.39, 0.29) is 5.75 Å². The molecule has 0 heterocycles. The van der Waals surface area contributed by atoms with Crippen LogP contribution in [0.3, 0.4) is 0 Å². The van der Waals surface area contributed by atoms with Crippen molar-refractivity contribution >= 4 is 10.1 Å². The average Bonchev–Trinajstić information content (AvgIpc) is 2.29. The maximum absolute atomic E-state index is 11.3. The molecule has 96 valence electrons. The fourth-order valence-corrected chi connectivity index (χ4v) is 2.05. The molecule has 0 atom stereocenters. The van der Waals surface area contributed by atoms with Crippen LogP contribution >= 0.6 is 0 Å². The zero-order valence-electron chi connectivity index (χ0n) is 10.5. The molecule has 0 saturated heterocycles. The van der Waals surface area contributed by atoms with E-state index in [1.807, 2.05) is 18.2 Å². The highest BCUT2D eigenvalue weighted by Gasteiger charge is 2.09. The molecule has 4 heteroatoms. The highest BCUT2D eigenvalue weighted by Crippen LogP contribution is 2.17. The highest BCUT2D eigenvalue weighted by molar-refractivity contribution is 7.87. The van der Waals surface area contributed by atoms with Crippen molar-refractivity contribution in [3.8, 4) is 5.75 Å². The molecule has 1 rings (SSSR count). The van der Waals surface area contributed by atoms with Crippen molar-refractivity contribution in [2.75, 3.05) is 5.75 Å². The molecule has 1 aromatic carbocycles. The van der Waals surface area contributed by atoms with E-state index >= 15 is 0 Å². The van der Waals surface area contributed by atoms with Gasteiger partial charge in [-0.1, -0.05) is 31.9 Å². The molecule has 0 saturated carbocycles. The monoisotopic (exact) mass is 256 g/mol. The first-order valence-corrected chi connectivity index (χ1v) is 7.66. The maximum Gasteiger partial charge on any atom is 0.308 e. The molecule has 0 aliphatic rings. The quantitative estimate of drug-likeness (QED) is 0.556. The van der Waals surface area contributed by atoms with Gasteiger partial charge in [0.05, 0.1) is 5.75 Å². The lowest BCUT2D eigenvalue weighted by molar-refractivity contribution is 0.487. The lowest BCUT2D eigenvalue weighted by Gasteiger charge is -2.06. The summed E-state index contributed by atoms with van der Waals surface area (Å²) >= 11 is 0. The number of hydrogen-bond acceptors (Lipinski definition) is 3. The predicted octanol–water partition coefficient (Wildman–Crippen LogP) is 3.15. The topological polar surface area (TPSA) is 43.4 Å². The van der Waals surface area contributed by atoms with Crippen LogP contribution in [-0.4, -0.2) is 14.2 Å². The van der Waals surface area contributed by atoms with Gasteiger partial charge in [0.15, 0.2) is 0 Å². The second kappa shape index (κ2) is 6.64. The molecule has 17 heavy (non-hydrogen) atoms. The van der Waals surface area contributed by atoms with E-state index in [9.17, 15) is 8.42 Å². The summed E-state index contributed by atoms with van der Waals surface area (Å²) in [5.41, 5.74) is 1.13. The van der Waals surface area contributed by atoms with Crippen LogP contribution in [0.1, 0.15) is 38.7 Å². The van der Waals surface area contributed by atoms with Gasteiger partial charge < -0.3 is 4.18 Å². The van der Waals surface area contributed by atoms with Crippen molar-refractivity contribution in [1.82, 2.24) is 0 Å². The standard InChI is InChI=1S/C13H20O3S/c1-3-5-6-8-12-9-7-10-13(11-12)16-17(14,15)4-2/h7,9-11H,3-6,8H2,1-2H3. The van der Waals surface area contributed by atoms with Crippen molar-refractivity contribution in [3.05, 3.63) is 29.8 Å². The second-order valence-corrected chi connectivity index (χ2v) is 5.89. The summed E-state index contributed by atoms with van der Waals surface area (Å²) in [5, 5.41) is 0. The van der Waals surface area contributed by atoms with Crippen molar-refractivity contribution < 1.29 is 12.6 Å². The third-order valence-corrected chi connectivity index (χ3v) is 3.70. The molecule has 0 aromatic heterocycles. The maximum atomic E-state index is 11.3. The van der Waals surface area contributed by atoms with Crippen molar-refractivity contribution in [3.63, 3.8) is 0 Å². The number of aryl methyl sites for hydroxylation is 1. The van der Waals surface area contributed by atoms with Gasteiger partial charge in [0, 0.05) is 0 Å². The molecule has 0 radical (unpaired) electrons. The minimum atomic E-state index is -3.41. The Morgan fingerprint density at radius 1 is 1.18 bits per heavy atom. The first-order chi connectivity index (χ1) is 8.07. The average molecular weight is 256 g/mol.